The van der Waals surface area contributed by atoms with Crippen LogP contribution in [0.4, 0.5) is 5.69 Å². The maximum atomic E-state index is 12.9. The molecule has 2 saturated carbocycles. The largest absolute Gasteiger partial charge is 0.462 e. The molecule has 5 rings (SSSR count). The number of piperazine rings is 1. The Kier molecular flexibility index (Phi) is 5.40. The summed E-state index contributed by atoms with van der Waals surface area (Å²) in [5.41, 5.74) is 5.73. The Morgan fingerprint density at radius 2 is 1.97 bits per heavy atom. The standard InChI is InChI=1S/C27H38N2O2/c1-18-7-8-24(20(3)14-18)29-12-10-28(11-13-29)17-22-21-15-23-19(2)6-5-9-27(23,4)16-25(21)31-26(22)30/h7-8,14,21-23,25H,2,5-6,9-13,15-17H2,1,3-4H3/t21-,22+,23-,25+,27+/m1/s1. The summed E-state index contributed by atoms with van der Waals surface area (Å²) in [6.45, 7) is 16.1. The summed E-state index contributed by atoms with van der Waals surface area (Å²) in [7, 11) is 0. The molecule has 2 saturated heterocycles. The molecule has 5 atom stereocenters. The van der Waals surface area contributed by atoms with E-state index in [1.165, 1.54) is 35.2 Å². The Labute approximate surface area is 187 Å². The first-order chi connectivity index (χ1) is 14.8. The Balaban J connectivity index is 1.23. The topological polar surface area (TPSA) is 32.8 Å². The van der Waals surface area contributed by atoms with Gasteiger partial charge in [0.25, 0.3) is 0 Å². The second-order valence-corrected chi connectivity index (χ2v) is 11.0. The predicted octanol–water partition coefficient (Wildman–Crippen LogP) is 4.74. The van der Waals surface area contributed by atoms with E-state index >= 15 is 0 Å². The molecule has 4 nitrogen and oxygen atoms in total. The first kappa shape index (κ1) is 21.1. The molecule has 0 N–H and O–H groups in total. The summed E-state index contributed by atoms with van der Waals surface area (Å²) in [5.74, 6) is 1.04. The third-order valence-corrected chi connectivity index (χ3v) is 8.84. The van der Waals surface area contributed by atoms with Gasteiger partial charge < -0.3 is 9.64 Å². The van der Waals surface area contributed by atoms with Gasteiger partial charge in [0, 0.05) is 44.3 Å². The molecule has 0 aromatic heterocycles. The van der Waals surface area contributed by atoms with Crippen molar-refractivity contribution >= 4 is 11.7 Å². The Hall–Kier alpha value is -1.81. The highest BCUT2D eigenvalue weighted by Crippen LogP contribution is 2.56. The van der Waals surface area contributed by atoms with Crippen molar-refractivity contribution in [2.45, 2.75) is 59.0 Å². The number of nitrogens with zero attached hydrogens (tertiary/aromatic N) is 2. The molecule has 4 aliphatic rings. The number of hydrogen-bond donors (Lipinski definition) is 0. The number of aryl methyl sites for hydroxylation is 2. The predicted molar refractivity (Wildman–Crippen MR) is 125 cm³/mol. The highest BCUT2D eigenvalue weighted by atomic mass is 16.6. The number of carbonyl (C=O) groups excluding carboxylic acids is 1. The minimum atomic E-state index is 0.0388. The van der Waals surface area contributed by atoms with Crippen molar-refractivity contribution < 1.29 is 9.53 Å². The van der Waals surface area contributed by atoms with Crippen LogP contribution in [0, 0.1) is 37.0 Å². The molecule has 2 aliphatic heterocycles. The number of anilines is 1. The number of rotatable bonds is 3. The van der Waals surface area contributed by atoms with Gasteiger partial charge in [0.05, 0.1) is 5.92 Å². The molecule has 168 valence electrons. The van der Waals surface area contributed by atoms with Gasteiger partial charge in [-0.05, 0) is 68.9 Å². The van der Waals surface area contributed by atoms with Gasteiger partial charge >= 0.3 is 5.97 Å². The molecule has 4 heteroatoms. The third kappa shape index (κ3) is 3.82. The van der Waals surface area contributed by atoms with E-state index in [1.54, 1.807) is 0 Å². The fourth-order valence-electron chi connectivity index (χ4n) is 7.07. The maximum absolute atomic E-state index is 12.9. The van der Waals surface area contributed by atoms with Gasteiger partial charge in [0.15, 0.2) is 0 Å². The van der Waals surface area contributed by atoms with Crippen LogP contribution in [0.25, 0.3) is 0 Å². The summed E-state index contributed by atoms with van der Waals surface area (Å²) in [6, 6.07) is 6.74. The van der Waals surface area contributed by atoms with Gasteiger partial charge in [-0.1, -0.05) is 36.8 Å². The van der Waals surface area contributed by atoms with Gasteiger partial charge in [-0.25, -0.2) is 0 Å². The van der Waals surface area contributed by atoms with Gasteiger partial charge in [-0.3, -0.25) is 9.69 Å². The highest BCUT2D eigenvalue weighted by Gasteiger charge is 2.55. The zero-order chi connectivity index (χ0) is 21.8. The van der Waals surface area contributed by atoms with Crippen molar-refractivity contribution in [1.29, 1.82) is 0 Å². The van der Waals surface area contributed by atoms with Crippen LogP contribution < -0.4 is 4.90 Å². The first-order valence-corrected chi connectivity index (χ1v) is 12.3. The molecule has 1 aromatic carbocycles. The summed E-state index contributed by atoms with van der Waals surface area (Å²) in [6.07, 6.45) is 5.91. The van der Waals surface area contributed by atoms with Crippen LogP contribution in [0.1, 0.15) is 50.2 Å². The van der Waals surface area contributed by atoms with E-state index in [4.69, 9.17) is 4.74 Å². The van der Waals surface area contributed by atoms with E-state index < -0.39 is 0 Å². The number of benzene rings is 1. The number of esters is 1. The minimum Gasteiger partial charge on any atom is -0.462 e. The SMILES string of the molecule is C=C1CCC[C@@]2(C)C[C@@H]3OC(=O)[C@@H](CN4CCN(c5ccc(C)cc5C)CC4)[C@H]3C[C@H]12. The first-order valence-electron chi connectivity index (χ1n) is 12.3. The maximum Gasteiger partial charge on any atom is 0.310 e. The van der Waals surface area contributed by atoms with E-state index in [2.05, 4.69) is 55.3 Å². The number of allylic oxidation sites excluding steroid dienone is 1. The normalized spacial score (nSPS) is 36.2. The van der Waals surface area contributed by atoms with Crippen molar-refractivity contribution in [2.24, 2.45) is 23.2 Å². The molecular weight excluding hydrogens is 384 g/mol. The Morgan fingerprint density at radius 3 is 2.71 bits per heavy atom. The smallest absolute Gasteiger partial charge is 0.310 e. The number of fused-ring (bicyclic) bond motifs is 2. The molecule has 2 aliphatic carbocycles. The number of hydrogen-bond acceptors (Lipinski definition) is 4. The fourth-order valence-corrected chi connectivity index (χ4v) is 7.07. The Bertz CT molecular complexity index is 872. The molecule has 0 unspecified atom stereocenters. The van der Waals surface area contributed by atoms with Crippen LogP contribution in [0.15, 0.2) is 30.4 Å². The summed E-state index contributed by atoms with van der Waals surface area (Å²) < 4.78 is 5.98. The quantitative estimate of drug-likeness (QED) is 0.520. The van der Waals surface area contributed by atoms with E-state index in [9.17, 15) is 4.79 Å². The molecule has 0 radical (unpaired) electrons. The second kappa shape index (κ2) is 7.95. The second-order valence-electron chi connectivity index (χ2n) is 11.0. The van der Waals surface area contributed by atoms with Gasteiger partial charge in [0.1, 0.15) is 6.10 Å². The minimum absolute atomic E-state index is 0.0388. The average Bonchev–Trinajstić information content (AvgIpc) is 3.01. The van der Waals surface area contributed by atoms with Crippen LogP contribution in [0.2, 0.25) is 0 Å². The average molecular weight is 423 g/mol. The summed E-state index contributed by atoms with van der Waals surface area (Å²) >= 11 is 0. The van der Waals surface area contributed by atoms with Crippen molar-refractivity contribution in [2.75, 3.05) is 37.6 Å². The fraction of sp³-hybridized carbons (Fsp3) is 0.667. The molecule has 1 aromatic rings. The van der Waals surface area contributed by atoms with Crippen molar-refractivity contribution in [1.82, 2.24) is 4.90 Å². The summed E-state index contributed by atoms with van der Waals surface area (Å²) in [4.78, 5) is 17.9. The van der Waals surface area contributed by atoms with Crippen molar-refractivity contribution in [3.8, 4) is 0 Å². The number of ether oxygens (including phenoxy) is 1. The third-order valence-electron chi connectivity index (χ3n) is 8.84. The summed E-state index contributed by atoms with van der Waals surface area (Å²) in [5, 5.41) is 0. The van der Waals surface area contributed by atoms with Crippen molar-refractivity contribution in [3.05, 3.63) is 41.5 Å². The van der Waals surface area contributed by atoms with Gasteiger partial charge in [-0.2, -0.15) is 0 Å². The number of carbonyl (C=O) groups is 1. The molecule has 0 spiro atoms. The van der Waals surface area contributed by atoms with E-state index in [1.807, 2.05) is 0 Å². The van der Waals surface area contributed by atoms with Gasteiger partial charge in [-0.15, -0.1) is 0 Å². The zero-order valence-corrected chi connectivity index (χ0v) is 19.5. The molecule has 4 fully saturated rings. The lowest BCUT2D eigenvalue weighted by atomic mass is 9.55. The van der Waals surface area contributed by atoms with Crippen LogP contribution in [0.3, 0.4) is 0 Å². The van der Waals surface area contributed by atoms with Gasteiger partial charge in [0.2, 0.25) is 0 Å². The van der Waals surface area contributed by atoms with Crippen LogP contribution in [-0.4, -0.2) is 49.7 Å². The van der Waals surface area contributed by atoms with Crippen molar-refractivity contribution in [3.63, 3.8) is 0 Å². The molecule has 0 bridgehead atoms. The van der Waals surface area contributed by atoms with Crippen LogP contribution in [-0.2, 0) is 9.53 Å². The lowest BCUT2D eigenvalue weighted by Gasteiger charge is -2.50. The lowest BCUT2D eigenvalue weighted by Crippen LogP contribution is -2.50. The monoisotopic (exact) mass is 422 g/mol. The lowest BCUT2D eigenvalue weighted by molar-refractivity contribution is -0.146. The van der Waals surface area contributed by atoms with E-state index in [0.717, 1.165) is 52.0 Å². The Morgan fingerprint density at radius 1 is 1.19 bits per heavy atom. The molecule has 2 heterocycles. The van der Waals surface area contributed by atoms with E-state index in [-0.39, 0.29) is 23.4 Å². The van der Waals surface area contributed by atoms with E-state index in [0.29, 0.717) is 11.8 Å². The highest BCUT2D eigenvalue weighted by molar-refractivity contribution is 5.75. The zero-order valence-electron chi connectivity index (χ0n) is 19.5. The van der Waals surface area contributed by atoms with Crippen LogP contribution in [0.5, 0.6) is 0 Å². The van der Waals surface area contributed by atoms with Crippen LogP contribution >= 0.6 is 0 Å². The molecule has 31 heavy (non-hydrogen) atoms. The molecule has 0 amide bonds. The molecular formula is C27H38N2O2.